The van der Waals surface area contributed by atoms with Crippen LogP contribution < -0.4 is 5.32 Å². The smallest absolute Gasteiger partial charge is 0.241 e. The van der Waals surface area contributed by atoms with Crippen LogP contribution in [0, 0.1) is 5.92 Å². The molecule has 104 valence electrons. The van der Waals surface area contributed by atoms with Crippen LogP contribution in [0.25, 0.3) is 0 Å². The van der Waals surface area contributed by atoms with Gasteiger partial charge in [-0.3, -0.25) is 10.1 Å². The Bertz CT molecular complexity index is 290. The van der Waals surface area contributed by atoms with Crippen LogP contribution >= 0.6 is 11.8 Å². The lowest BCUT2D eigenvalue weighted by Gasteiger charge is -2.28. The molecule has 2 rings (SSSR count). The highest BCUT2D eigenvalue weighted by atomic mass is 32.2. The SMILES string of the molecule is CC(C)CC1NC(C)N(CC2CCCCS2)C1=O. The third kappa shape index (κ3) is 3.41. The minimum absolute atomic E-state index is 0.0496. The maximum atomic E-state index is 12.4. The lowest BCUT2D eigenvalue weighted by molar-refractivity contribution is -0.130. The van der Waals surface area contributed by atoms with Crippen molar-refractivity contribution in [2.75, 3.05) is 12.3 Å². The molecule has 0 saturated carbocycles. The number of thioether (sulfide) groups is 1. The molecule has 4 heteroatoms. The molecule has 1 N–H and O–H groups in total. The molecule has 18 heavy (non-hydrogen) atoms. The fraction of sp³-hybridized carbons (Fsp3) is 0.929. The van der Waals surface area contributed by atoms with Gasteiger partial charge < -0.3 is 4.90 Å². The lowest BCUT2D eigenvalue weighted by atomic mass is 10.0. The van der Waals surface area contributed by atoms with Crippen molar-refractivity contribution in [3.05, 3.63) is 0 Å². The van der Waals surface area contributed by atoms with Gasteiger partial charge in [-0.15, -0.1) is 0 Å². The van der Waals surface area contributed by atoms with E-state index in [4.69, 9.17) is 0 Å². The van der Waals surface area contributed by atoms with Crippen LogP contribution in [0.15, 0.2) is 0 Å². The summed E-state index contributed by atoms with van der Waals surface area (Å²) in [6.07, 6.45) is 5.12. The summed E-state index contributed by atoms with van der Waals surface area (Å²) < 4.78 is 0. The van der Waals surface area contributed by atoms with Crippen molar-refractivity contribution < 1.29 is 4.79 Å². The molecule has 3 atom stereocenters. The van der Waals surface area contributed by atoms with Crippen LogP contribution in [-0.2, 0) is 4.79 Å². The number of nitrogens with zero attached hydrogens (tertiary/aromatic N) is 1. The monoisotopic (exact) mass is 270 g/mol. The summed E-state index contributed by atoms with van der Waals surface area (Å²) in [5.74, 6) is 2.16. The van der Waals surface area contributed by atoms with Crippen molar-refractivity contribution in [2.45, 2.75) is 63.9 Å². The molecule has 2 heterocycles. The highest BCUT2D eigenvalue weighted by Gasteiger charge is 2.37. The van der Waals surface area contributed by atoms with Gasteiger partial charge in [0.15, 0.2) is 0 Å². The van der Waals surface area contributed by atoms with Gasteiger partial charge in [-0.2, -0.15) is 11.8 Å². The van der Waals surface area contributed by atoms with Gasteiger partial charge in [-0.1, -0.05) is 20.3 Å². The van der Waals surface area contributed by atoms with Crippen molar-refractivity contribution in [1.82, 2.24) is 10.2 Å². The van der Waals surface area contributed by atoms with E-state index < -0.39 is 0 Å². The van der Waals surface area contributed by atoms with E-state index in [1.165, 1.54) is 25.0 Å². The Hall–Kier alpha value is -0.220. The van der Waals surface area contributed by atoms with E-state index in [1.54, 1.807) is 0 Å². The minimum Gasteiger partial charge on any atom is -0.325 e. The minimum atomic E-state index is 0.0496. The molecule has 0 aromatic rings. The van der Waals surface area contributed by atoms with Crippen molar-refractivity contribution in [3.8, 4) is 0 Å². The summed E-state index contributed by atoms with van der Waals surface area (Å²) in [6.45, 7) is 7.41. The molecule has 0 aromatic carbocycles. The third-order valence-electron chi connectivity index (χ3n) is 3.87. The maximum Gasteiger partial charge on any atom is 0.241 e. The van der Waals surface area contributed by atoms with Gasteiger partial charge in [0.2, 0.25) is 5.91 Å². The fourth-order valence-electron chi connectivity index (χ4n) is 2.90. The molecule has 0 spiro atoms. The Morgan fingerprint density at radius 3 is 2.83 bits per heavy atom. The van der Waals surface area contributed by atoms with E-state index >= 15 is 0 Å². The molecule has 3 nitrogen and oxygen atoms in total. The van der Waals surface area contributed by atoms with Crippen LogP contribution in [0.1, 0.15) is 46.5 Å². The molecule has 2 fully saturated rings. The van der Waals surface area contributed by atoms with E-state index in [-0.39, 0.29) is 12.2 Å². The first-order valence-electron chi connectivity index (χ1n) is 7.26. The number of carbonyl (C=O) groups is 1. The van der Waals surface area contributed by atoms with Gasteiger partial charge in [0.25, 0.3) is 0 Å². The van der Waals surface area contributed by atoms with Crippen LogP contribution in [0.4, 0.5) is 0 Å². The number of hydrogen-bond acceptors (Lipinski definition) is 3. The number of nitrogens with one attached hydrogen (secondary N) is 1. The Balaban J connectivity index is 1.89. The standard InChI is InChI=1S/C14H26N2OS/c1-10(2)8-13-14(17)16(11(3)15-13)9-12-6-4-5-7-18-12/h10-13,15H,4-9H2,1-3H3. The van der Waals surface area contributed by atoms with E-state index in [0.717, 1.165) is 13.0 Å². The summed E-state index contributed by atoms with van der Waals surface area (Å²) in [4.78, 5) is 14.4. The molecular formula is C14H26N2OS. The molecule has 2 saturated heterocycles. The molecule has 0 aliphatic carbocycles. The van der Waals surface area contributed by atoms with Crippen LogP contribution in [0.2, 0.25) is 0 Å². The van der Waals surface area contributed by atoms with Crippen molar-refractivity contribution in [2.24, 2.45) is 5.92 Å². The average Bonchev–Trinajstić information content (AvgIpc) is 2.58. The molecule has 0 aromatic heterocycles. The van der Waals surface area contributed by atoms with Crippen LogP contribution in [0.3, 0.4) is 0 Å². The van der Waals surface area contributed by atoms with E-state index in [2.05, 4.69) is 31.0 Å². The number of hydrogen-bond donors (Lipinski definition) is 1. The molecule has 2 aliphatic rings. The lowest BCUT2D eigenvalue weighted by Crippen LogP contribution is -2.40. The zero-order valence-corrected chi connectivity index (χ0v) is 12.6. The fourth-order valence-corrected chi connectivity index (χ4v) is 4.21. The number of rotatable bonds is 4. The second-order valence-electron chi connectivity index (χ2n) is 6.00. The molecular weight excluding hydrogens is 244 g/mol. The highest BCUT2D eigenvalue weighted by Crippen LogP contribution is 2.27. The molecule has 2 aliphatic heterocycles. The van der Waals surface area contributed by atoms with Crippen LogP contribution in [0.5, 0.6) is 0 Å². The Morgan fingerprint density at radius 2 is 2.22 bits per heavy atom. The van der Waals surface area contributed by atoms with Gasteiger partial charge in [0.05, 0.1) is 12.2 Å². The quantitative estimate of drug-likeness (QED) is 0.852. The average molecular weight is 270 g/mol. The predicted octanol–water partition coefficient (Wildman–Crippen LogP) is 2.46. The van der Waals surface area contributed by atoms with Crippen molar-refractivity contribution >= 4 is 17.7 Å². The molecule has 0 radical (unpaired) electrons. The van der Waals surface area contributed by atoms with Crippen LogP contribution in [-0.4, -0.2) is 40.6 Å². The summed E-state index contributed by atoms with van der Waals surface area (Å²) in [5, 5.41) is 4.10. The molecule has 0 bridgehead atoms. The summed E-state index contributed by atoms with van der Waals surface area (Å²) in [7, 11) is 0. The molecule has 3 unspecified atom stereocenters. The normalized spacial score (nSPS) is 33.4. The predicted molar refractivity (Wildman–Crippen MR) is 77.7 cm³/mol. The van der Waals surface area contributed by atoms with Gasteiger partial charge in [-0.25, -0.2) is 0 Å². The van der Waals surface area contributed by atoms with Crippen molar-refractivity contribution in [3.63, 3.8) is 0 Å². The Morgan fingerprint density at radius 1 is 1.44 bits per heavy atom. The first-order chi connectivity index (χ1) is 8.58. The highest BCUT2D eigenvalue weighted by molar-refractivity contribution is 7.99. The summed E-state index contributed by atoms with van der Waals surface area (Å²) in [5.41, 5.74) is 0. The number of carbonyl (C=O) groups excluding carboxylic acids is 1. The Kier molecular flexibility index (Phi) is 4.96. The van der Waals surface area contributed by atoms with Crippen molar-refractivity contribution in [1.29, 1.82) is 0 Å². The van der Waals surface area contributed by atoms with Gasteiger partial charge in [0.1, 0.15) is 0 Å². The maximum absolute atomic E-state index is 12.4. The largest absolute Gasteiger partial charge is 0.325 e. The first-order valence-corrected chi connectivity index (χ1v) is 8.31. The topological polar surface area (TPSA) is 32.3 Å². The molecule has 1 amide bonds. The van der Waals surface area contributed by atoms with E-state index in [0.29, 0.717) is 17.1 Å². The van der Waals surface area contributed by atoms with Gasteiger partial charge >= 0.3 is 0 Å². The second kappa shape index (κ2) is 6.29. The summed E-state index contributed by atoms with van der Waals surface area (Å²) in [6, 6.07) is 0.0496. The first kappa shape index (κ1) is 14.2. The van der Waals surface area contributed by atoms with E-state index in [9.17, 15) is 4.79 Å². The Labute approximate surface area is 115 Å². The zero-order valence-electron chi connectivity index (χ0n) is 11.8. The van der Waals surface area contributed by atoms with E-state index in [1.807, 2.05) is 11.8 Å². The van der Waals surface area contributed by atoms with Gasteiger partial charge in [0, 0.05) is 11.8 Å². The second-order valence-corrected chi connectivity index (χ2v) is 7.41. The van der Waals surface area contributed by atoms with Gasteiger partial charge in [-0.05, 0) is 37.9 Å². The summed E-state index contributed by atoms with van der Waals surface area (Å²) >= 11 is 2.05. The zero-order chi connectivity index (χ0) is 13.1. The number of amides is 1. The third-order valence-corrected chi connectivity index (χ3v) is 5.25.